The second kappa shape index (κ2) is 11.0. The molecule has 2 aromatic carbocycles. The first-order valence-corrected chi connectivity index (χ1v) is 12.3. The van der Waals surface area contributed by atoms with Crippen molar-refractivity contribution >= 4 is 5.97 Å². The number of hydrogen-bond donors (Lipinski definition) is 3. The van der Waals surface area contributed by atoms with Gasteiger partial charge in [0.15, 0.2) is 0 Å². The molecule has 1 aliphatic heterocycles. The van der Waals surface area contributed by atoms with Crippen molar-refractivity contribution in [3.05, 3.63) is 64.7 Å². The van der Waals surface area contributed by atoms with Crippen LogP contribution in [0, 0.1) is 5.92 Å². The molecule has 0 amide bonds. The smallest absolute Gasteiger partial charge is 0.416 e. The molecule has 3 N–H and O–H groups in total. The van der Waals surface area contributed by atoms with E-state index in [-0.39, 0.29) is 24.0 Å². The quantitative estimate of drug-likeness (QED) is 0.478. The van der Waals surface area contributed by atoms with E-state index in [4.69, 9.17) is 9.84 Å². The number of benzene rings is 2. The highest BCUT2D eigenvalue weighted by atomic mass is 19.4. The van der Waals surface area contributed by atoms with Gasteiger partial charge in [0.1, 0.15) is 17.9 Å². The zero-order valence-electron chi connectivity index (χ0n) is 19.9. The predicted molar refractivity (Wildman–Crippen MR) is 128 cm³/mol. The molecule has 2 aromatic rings. The summed E-state index contributed by atoms with van der Waals surface area (Å²) in [7, 11) is 1.93. The van der Waals surface area contributed by atoms with Gasteiger partial charge in [-0.2, -0.15) is 13.2 Å². The van der Waals surface area contributed by atoms with Gasteiger partial charge in [-0.1, -0.05) is 24.3 Å². The van der Waals surface area contributed by atoms with Crippen molar-refractivity contribution in [3.8, 4) is 5.75 Å². The summed E-state index contributed by atoms with van der Waals surface area (Å²) < 4.78 is 47.1. The van der Waals surface area contributed by atoms with Crippen LogP contribution in [0.1, 0.15) is 60.3 Å². The Morgan fingerprint density at radius 3 is 2.51 bits per heavy atom. The number of halogens is 3. The summed E-state index contributed by atoms with van der Waals surface area (Å²) in [5, 5.41) is 15.2. The summed E-state index contributed by atoms with van der Waals surface area (Å²) in [6.45, 7) is 1.16. The molecule has 8 heteroatoms. The van der Waals surface area contributed by atoms with Crippen LogP contribution in [0.4, 0.5) is 13.2 Å². The number of aliphatic carboxylic acids is 1. The molecule has 5 nitrogen and oxygen atoms in total. The Kier molecular flexibility index (Phi) is 8.02. The molecule has 2 fully saturated rings. The molecule has 0 unspecified atom stereocenters. The number of nitrogens with one attached hydrogen (secondary N) is 2. The molecule has 35 heavy (non-hydrogen) atoms. The van der Waals surface area contributed by atoms with Crippen molar-refractivity contribution in [2.45, 2.75) is 69.3 Å². The first-order chi connectivity index (χ1) is 16.7. The maximum Gasteiger partial charge on any atom is 0.416 e. The fraction of sp³-hybridized carbons (Fsp3) is 0.519. The highest BCUT2D eigenvalue weighted by Gasteiger charge is 2.35. The monoisotopic (exact) mass is 490 g/mol. The molecular weight excluding hydrogens is 457 g/mol. The summed E-state index contributed by atoms with van der Waals surface area (Å²) in [4.78, 5) is 11.1. The first-order valence-electron chi connectivity index (χ1n) is 12.3. The summed E-state index contributed by atoms with van der Waals surface area (Å²) in [5.74, 6) is 0.0297. The lowest BCUT2D eigenvalue weighted by molar-refractivity contribution is -0.139. The molecule has 1 saturated carbocycles. The van der Waals surface area contributed by atoms with Gasteiger partial charge in [0, 0.05) is 19.5 Å². The van der Waals surface area contributed by atoms with Gasteiger partial charge in [0.2, 0.25) is 0 Å². The molecule has 2 atom stereocenters. The van der Waals surface area contributed by atoms with E-state index in [1.54, 1.807) is 0 Å². The fourth-order valence-electron chi connectivity index (χ4n) is 5.53. The van der Waals surface area contributed by atoms with Gasteiger partial charge in [-0.3, -0.25) is 4.79 Å². The van der Waals surface area contributed by atoms with Crippen molar-refractivity contribution in [2.24, 2.45) is 5.92 Å². The minimum absolute atomic E-state index is 0.184. The van der Waals surface area contributed by atoms with Crippen molar-refractivity contribution in [1.82, 2.24) is 10.6 Å². The lowest BCUT2D eigenvalue weighted by atomic mass is 9.75. The van der Waals surface area contributed by atoms with E-state index in [9.17, 15) is 18.0 Å². The van der Waals surface area contributed by atoms with Crippen LogP contribution < -0.4 is 15.4 Å². The van der Waals surface area contributed by atoms with Gasteiger partial charge in [0.05, 0.1) is 5.56 Å². The van der Waals surface area contributed by atoms with Crippen molar-refractivity contribution < 1.29 is 27.8 Å². The van der Waals surface area contributed by atoms with Gasteiger partial charge in [-0.25, -0.2) is 0 Å². The lowest BCUT2D eigenvalue weighted by Crippen LogP contribution is -2.30. The second-order valence-corrected chi connectivity index (χ2v) is 9.74. The average Bonchev–Trinajstić information content (AvgIpc) is 3.29. The number of hydrogen-bond acceptors (Lipinski definition) is 4. The Morgan fingerprint density at radius 2 is 1.86 bits per heavy atom. The number of rotatable bonds is 8. The van der Waals surface area contributed by atoms with Crippen molar-refractivity contribution in [3.63, 3.8) is 0 Å². The third kappa shape index (κ3) is 6.35. The van der Waals surface area contributed by atoms with Crippen LogP contribution in [-0.4, -0.2) is 36.8 Å². The van der Waals surface area contributed by atoms with Crippen LogP contribution >= 0.6 is 0 Å². The molecule has 190 valence electrons. The molecule has 1 saturated heterocycles. The van der Waals surface area contributed by atoms with Crippen LogP contribution in [0.5, 0.6) is 5.75 Å². The Labute approximate surface area is 204 Å². The van der Waals surface area contributed by atoms with Crippen LogP contribution in [-0.2, 0) is 23.9 Å². The van der Waals surface area contributed by atoms with Crippen molar-refractivity contribution in [2.75, 3.05) is 13.6 Å². The zero-order chi connectivity index (χ0) is 25.0. The molecule has 0 bridgehead atoms. The van der Waals surface area contributed by atoms with Gasteiger partial charge >= 0.3 is 12.1 Å². The van der Waals surface area contributed by atoms with E-state index in [1.807, 2.05) is 13.1 Å². The Bertz CT molecular complexity index is 1020. The predicted octanol–water partition coefficient (Wildman–Crippen LogP) is 5.14. The summed E-state index contributed by atoms with van der Waals surface area (Å²) >= 11 is 0. The molecule has 0 radical (unpaired) electrons. The number of carbonyl (C=O) groups is 1. The van der Waals surface area contributed by atoms with Crippen LogP contribution in [0.15, 0.2) is 42.5 Å². The van der Waals surface area contributed by atoms with E-state index in [0.717, 1.165) is 38.3 Å². The minimum Gasteiger partial charge on any atom is -0.489 e. The van der Waals surface area contributed by atoms with Gasteiger partial charge in [-0.05, 0) is 85.9 Å². The van der Waals surface area contributed by atoms with Crippen molar-refractivity contribution in [1.29, 1.82) is 0 Å². The zero-order valence-corrected chi connectivity index (χ0v) is 19.9. The van der Waals surface area contributed by atoms with E-state index < -0.39 is 23.8 Å². The number of alkyl halides is 3. The molecule has 1 heterocycles. The number of carboxylic acid groups (broad SMARTS) is 1. The Hall–Kier alpha value is -2.58. The highest BCUT2D eigenvalue weighted by molar-refractivity contribution is 5.73. The summed E-state index contributed by atoms with van der Waals surface area (Å²) in [5.41, 5.74) is 2.28. The molecule has 0 aromatic heterocycles. The van der Waals surface area contributed by atoms with Crippen LogP contribution in [0.25, 0.3) is 0 Å². The average molecular weight is 491 g/mol. The lowest BCUT2D eigenvalue weighted by Gasteiger charge is -2.31. The Balaban J connectivity index is 1.43. The fourth-order valence-corrected chi connectivity index (χ4v) is 5.53. The molecule has 1 aliphatic carbocycles. The standard InChI is InChI=1S/C27H33F3N2O3/c1-31-15-19-4-2-3-5-23(19)18-8-6-17(7-9-18)12-20-13-21(10-11-24(20)27(28,29)30)35-22-14-25(26(33)34)32-16-22/h2-5,10-11,13,17-18,22,25,31-32H,6-9,12,14-16H2,1H3,(H,33,34)/t17?,18?,22-,25-/m0/s1. The van der Waals surface area contributed by atoms with E-state index in [0.29, 0.717) is 24.6 Å². The SMILES string of the molecule is CNCc1ccccc1C1CCC(Cc2cc(O[C@@H]3CN[C@H](C(=O)O)C3)ccc2C(F)(F)F)CC1. The topological polar surface area (TPSA) is 70.6 Å². The van der Waals surface area contributed by atoms with E-state index >= 15 is 0 Å². The maximum absolute atomic E-state index is 13.8. The molecular formula is C27H33F3N2O3. The highest BCUT2D eigenvalue weighted by Crippen LogP contribution is 2.41. The summed E-state index contributed by atoms with van der Waals surface area (Å²) in [6.07, 6.45) is -0.473. The normalized spacial score (nSPS) is 24.9. The third-order valence-electron chi connectivity index (χ3n) is 7.29. The molecule has 0 spiro atoms. The second-order valence-electron chi connectivity index (χ2n) is 9.74. The first kappa shape index (κ1) is 25.5. The number of carboxylic acids is 1. The van der Waals surface area contributed by atoms with Gasteiger partial charge in [0.25, 0.3) is 0 Å². The van der Waals surface area contributed by atoms with Gasteiger partial charge < -0.3 is 20.5 Å². The van der Waals surface area contributed by atoms with Crippen LogP contribution in [0.2, 0.25) is 0 Å². The third-order valence-corrected chi connectivity index (χ3v) is 7.29. The number of ether oxygens (including phenoxy) is 1. The van der Waals surface area contributed by atoms with Gasteiger partial charge in [-0.15, -0.1) is 0 Å². The molecule has 2 aliphatic rings. The minimum atomic E-state index is -4.43. The summed E-state index contributed by atoms with van der Waals surface area (Å²) in [6, 6.07) is 11.7. The van der Waals surface area contributed by atoms with E-state index in [2.05, 4.69) is 28.8 Å². The van der Waals surface area contributed by atoms with E-state index in [1.165, 1.54) is 23.3 Å². The Morgan fingerprint density at radius 1 is 1.11 bits per heavy atom. The van der Waals surface area contributed by atoms with Crippen LogP contribution in [0.3, 0.4) is 0 Å². The largest absolute Gasteiger partial charge is 0.489 e. The maximum atomic E-state index is 13.8. The molecule has 4 rings (SSSR count).